The van der Waals surface area contributed by atoms with Gasteiger partial charge in [-0.1, -0.05) is 36.4 Å². The van der Waals surface area contributed by atoms with E-state index < -0.39 is 0 Å². The molecule has 0 unspecified atom stereocenters. The predicted octanol–water partition coefficient (Wildman–Crippen LogP) is 2.41. The van der Waals surface area contributed by atoms with Crippen molar-refractivity contribution in [2.24, 2.45) is 0 Å². The molecule has 0 aliphatic rings. The van der Waals surface area contributed by atoms with E-state index in [0.717, 1.165) is 5.56 Å². The molecule has 5 heteroatoms. The largest absolute Gasteiger partial charge is 0.872 e. The Balaban J connectivity index is 2.32. The van der Waals surface area contributed by atoms with Gasteiger partial charge in [-0.15, -0.1) is 11.0 Å². The molecule has 0 amide bonds. The van der Waals surface area contributed by atoms with Crippen molar-refractivity contribution in [3.63, 3.8) is 0 Å². The van der Waals surface area contributed by atoms with Gasteiger partial charge in [-0.25, -0.2) is 0 Å². The second kappa shape index (κ2) is 5.89. The molecular formula is C15H11N2O3-. The van der Waals surface area contributed by atoms with Crippen molar-refractivity contribution in [2.45, 2.75) is 0 Å². The number of rotatable bonds is 3. The van der Waals surface area contributed by atoms with Crippen LogP contribution in [0.1, 0.15) is 11.1 Å². The van der Waals surface area contributed by atoms with Gasteiger partial charge in [0.2, 0.25) is 0 Å². The van der Waals surface area contributed by atoms with Crippen LogP contribution in [0.2, 0.25) is 0 Å². The zero-order valence-corrected chi connectivity index (χ0v) is 10.4. The lowest BCUT2D eigenvalue weighted by Crippen LogP contribution is -2.10. The van der Waals surface area contributed by atoms with E-state index in [0.29, 0.717) is 11.1 Å². The van der Waals surface area contributed by atoms with Gasteiger partial charge < -0.3 is 5.11 Å². The summed E-state index contributed by atoms with van der Waals surface area (Å²) < 4.78 is 0. The van der Waals surface area contributed by atoms with Crippen LogP contribution >= 0.6 is 0 Å². The van der Waals surface area contributed by atoms with Gasteiger partial charge in [0.25, 0.3) is 0 Å². The Bertz CT molecular complexity index is 653. The molecule has 0 saturated carbocycles. The Kier molecular flexibility index (Phi) is 4.01. The Hall–Kier alpha value is -2.81. The average molecular weight is 267 g/mol. The molecule has 100 valence electrons. The zero-order valence-electron chi connectivity index (χ0n) is 10.4. The maximum Gasteiger partial charge on any atom is 0.0998 e. The summed E-state index contributed by atoms with van der Waals surface area (Å²) in [6.45, 7) is 0. The van der Waals surface area contributed by atoms with Crippen LogP contribution in [-0.4, -0.2) is 10.4 Å². The summed E-state index contributed by atoms with van der Waals surface area (Å²) in [5.74, 6) is -0.0870. The molecule has 0 fully saturated rings. The summed E-state index contributed by atoms with van der Waals surface area (Å²) >= 11 is 0. The molecule has 0 saturated heterocycles. The van der Waals surface area contributed by atoms with E-state index in [2.05, 4.69) is 6.07 Å². The summed E-state index contributed by atoms with van der Waals surface area (Å²) in [4.78, 5) is 0. The number of hydrogen-bond donors (Lipinski definition) is 2. The van der Waals surface area contributed by atoms with Crippen molar-refractivity contribution in [1.82, 2.24) is 0 Å². The number of allylic oxidation sites excluding steroid dienone is 1. The Morgan fingerprint density at radius 3 is 2.15 bits per heavy atom. The van der Waals surface area contributed by atoms with Gasteiger partial charge in [-0.2, -0.15) is 5.26 Å². The molecule has 0 radical (unpaired) electrons. The van der Waals surface area contributed by atoms with Crippen LogP contribution in [0.15, 0.2) is 48.5 Å². The monoisotopic (exact) mass is 267 g/mol. The fraction of sp³-hybridized carbons (Fsp3) is 0. The smallest absolute Gasteiger partial charge is 0.0998 e. The lowest BCUT2D eigenvalue weighted by molar-refractivity contribution is -0.268. The fourth-order valence-electron chi connectivity index (χ4n) is 1.69. The van der Waals surface area contributed by atoms with E-state index in [-0.39, 0.29) is 16.7 Å². The average Bonchev–Trinajstić information content (AvgIpc) is 2.47. The van der Waals surface area contributed by atoms with Crippen LogP contribution in [-0.2, 0) is 0 Å². The van der Waals surface area contributed by atoms with E-state index in [1.807, 2.05) is 0 Å². The van der Waals surface area contributed by atoms with Crippen LogP contribution in [0.4, 0.5) is 5.69 Å². The first kappa shape index (κ1) is 13.6. The highest BCUT2D eigenvalue weighted by Gasteiger charge is 2.03. The maximum absolute atomic E-state index is 11.0. The van der Waals surface area contributed by atoms with Gasteiger partial charge in [-0.05, 0) is 29.3 Å². The SMILES string of the molecule is N#C/C(=C\c1ccc([O-])cc1)c1ccc(N(O)O)cc1. The summed E-state index contributed by atoms with van der Waals surface area (Å²) in [7, 11) is 0. The van der Waals surface area contributed by atoms with E-state index in [4.69, 9.17) is 10.4 Å². The van der Waals surface area contributed by atoms with Crippen molar-refractivity contribution < 1.29 is 15.5 Å². The highest BCUT2D eigenvalue weighted by Crippen LogP contribution is 2.21. The van der Waals surface area contributed by atoms with Gasteiger partial charge >= 0.3 is 0 Å². The highest BCUT2D eigenvalue weighted by molar-refractivity contribution is 5.89. The minimum atomic E-state index is -0.0870. The molecule has 0 heterocycles. The molecule has 2 N–H and O–H groups in total. The lowest BCUT2D eigenvalue weighted by atomic mass is 10.0. The molecule has 2 aromatic carbocycles. The minimum Gasteiger partial charge on any atom is -0.872 e. The normalized spacial score (nSPS) is 10.9. The van der Waals surface area contributed by atoms with Crippen LogP contribution < -0.4 is 10.3 Å². The second-order valence-electron chi connectivity index (χ2n) is 4.08. The van der Waals surface area contributed by atoms with Crippen LogP contribution in [0.5, 0.6) is 5.75 Å². The highest BCUT2D eigenvalue weighted by atomic mass is 16.8. The Labute approximate surface area is 115 Å². The van der Waals surface area contributed by atoms with Crippen molar-refractivity contribution in [2.75, 3.05) is 5.23 Å². The van der Waals surface area contributed by atoms with E-state index in [1.54, 1.807) is 30.3 Å². The third-order valence-corrected chi connectivity index (χ3v) is 2.72. The number of benzene rings is 2. The summed E-state index contributed by atoms with van der Waals surface area (Å²) in [5.41, 5.74) is 2.00. The number of nitrogens with zero attached hydrogens (tertiary/aromatic N) is 2. The van der Waals surface area contributed by atoms with Crippen LogP contribution in [0, 0.1) is 11.3 Å². The third kappa shape index (κ3) is 3.14. The van der Waals surface area contributed by atoms with E-state index in [9.17, 15) is 10.4 Å². The molecule has 0 aliphatic carbocycles. The fourth-order valence-corrected chi connectivity index (χ4v) is 1.69. The predicted molar refractivity (Wildman–Crippen MR) is 71.9 cm³/mol. The third-order valence-electron chi connectivity index (χ3n) is 2.72. The molecule has 5 nitrogen and oxygen atoms in total. The molecule has 2 aromatic rings. The lowest BCUT2D eigenvalue weighted by Gasteiger charge is -2.08. The standard InChI is InChI=1S/C15H12N2O3/c16-10-13(9-11-1-7-15(18)8-2-11)12-3-5-14(6-4-12)17(19)20/h1-9,18-20H/p-1/b13-9+. The molecular weight excluding hydrogens is 256 g/mol. The number of hydrogen-bond acceptors (Lipinski definition) is 5. The van der Waals surface area contributed by atoms with Crippen molar-refractivity contribution in [1.29, 1.82) is 5.26 Å². The van der Waals surface area contributed by atoms with Gasteiger partial charge in [0.1, 0.15) is 0 Å². The molecule has 2 rings (SSSR count). The first-order chi connectivity index (χ1) is 9.60. The number of nitriles is 1. The van der Waals surface area contributed by atoms with Crippen LogP contribution in [0.25, 0.3) is 11.6 Å². The Morgan fingerprint density at radius 1 is 1.05 bits per heavy atom. The van der Waals surface area contributed by atoms with Gasteiger partial charge in [0.15, 0.2) is 0 Å². The van der Waals surface area contributed by atoms with Gasteiger partial charge in [-0.3, -0.25) is 10.4 Å². The van der Waals surface area contributed by atoms with Gasteiger partial charge in [0, 0.05) is 0 Å². The summed E-state index contributed by atoms with van der Waals surface area (Å²) in [6, 6.07) is 14.4. The van der Waals surface area contributed by atoms with Crippen LogP contribution in [0.3, 0.4) is 0 Å². The summed E-state index contributed by atoms with van der Waals surface area (Å²) in [5, 5.41) is 37.9. The van der Waals surface area contributed by atoms with E-state index in [1.165, 1.54) is 24.3 Å². The summed E-state index contributed by atoms with van der Waals surface area (Å²) in [6.07, 6.45) is 1.66. The molecule has 0 spiro atoms. The topological polar surface area (TPSA) is 90.5 Å². The molecule has 20 heavy (non-hydrogen) atoms. The number of anilines is 1. The van der Waals surface area contributed by atoms with Crippen molar-refractivity contribution in [3.05, 3.63) is 59.7 Å². The quantitative estimate of drug-likeness (QED) is 0.506. The molecule has 0 bridgehead atoms. The minimum absolute atomic E-state index is 0.00646. The van der Waals surface area contributed by atoms with Crippen molar-refractivity contribution >= 4 is 17.3 Å². The molecule has 0 atom stereocenters. The maximum atomic E-state index is 11.0. The van der Waals surface area contributed by atoms with Crippen molar-refractivity contribution in [3.8, 4) is 11.8 Å². The first-order valence-corrected chi connectivity index (χ1v) is 5.77. The molecule has 0 aromatic heterocycles. The Morgan fingerprint density at radius 2 is 1.65 bits per heavy atom. The van der Waals surface area contributed by atoms with Gasteiger partial charge in [0.05, 0.1) is 17.3 Å². The molecule has 0 aliphatic heterocycles. The first-order valence-electron chi connectivity index (χ1n) is 5.77. The van der Waals surface area contributed by atoms with E-state index >= 15 is 0 Å². The second-order valence-corrected chi connectivity index (χ2v) is 4.08. The zero-order chi connectivity index (χ0) is 14.5.